The third-order valence-corrected chi connectivity index (χ3v) is 4.85. The average molecular weight is 435 g/mol. The maximum Gasteiger partial charge on any atom is 0.308 e. The van der Waals surface area contributed by atoms with E-state index in [0.717, 1.165) is 5.56 Å². The van der Waals surface area contributed by atoms with Crippen molar-refractivity contribution in [3.63, 3.8) is 0 Å². The number of benzene rings is 2. The molecule has 2 aromatic carbocycles. The van der Waals surface area contributed by atoms with E-state index in [1.165, 1.54) is 11.8 Å². The van der Waals surface area contributed by atoms with Crippen molar-refractivity contribution in [2.45, 2.75) is 26.0 Å². The van der Waals surface area contributed by atoms with Crippen LogP contribution in [0.2, 0.25) is 0 Å². The summed E-state index contributed by atoms with van der Waals surface area (Å²) in [6.45, 7) is 1.83. The second kappa shape index (κ2) is 10.9. The summed E-state index contributed by atoms with van der Waals surface area (Å²) in [4.78, 5) is 51.2. The Morgan fingerprint density at radius 3 is 2.41 bits per heavy atom. The number of carbonyl (C=O) groups excluding carboxylic acids is 4. The van der Waals surface area contributed by atoms with Gasteiger partial charge in [0, 0.05) is 20.0 Å². The average Bonchev–Trinajstić information content (AvgIpc) is 2.79. The van der Waals surface area contributed by atoms with Gasteiger partial charge in [-0.05, 0) is 17.2 Å². The van der Waals surface area contributed by atoms with Crippen LogP contribution in [0.1, 0.15) is 24.5 Å². The topological polar surface area (TPSA) is 105 Å². The van der Waals surface area contributed by atoms with E-state index in [1.54, 1.807) is 18.2 Å². The van der Waals surface area contributed by atoms with E-state index >= 15 is 0 Å². The van der Waals surface area contributed by atoms with Gasteiger partial charge in [-0.25, -0.2) is 0 Å². The smallest absolute Gasteiger partial charge is 0.308 e. The van der Waals surface area contributed by atoms with Crippen LogP contribution in [0.3, 0.4) is 0 Å². The molecule has 0 saturated carbocycles. The highest BCUT2D eigenvalue weighted by molar-refractivity contribution is 6.03. The molecule has 0 aromatic heterocycles. The Kier molecular flexibility index (Phi) is 7.75. The van der Waals surface area contributed by atoms with Gasteiger partial charge in [0.1, 0.15) is 18.3 Å². The monoisotopic (exact) mass is 435 g/mol. The van der Waals surface area contributed by atoms with Crippen LogP contribution in [-0.4, -0.2) is 47.7 Å². The molecular weight excluding hydrogens is 410 g/mol. The van der Waals surface area contributed by atoms with E-state index in [2.05, 4.69) is 10.6 Å². The number of hydrogen-bond donors (Lipinski definition) is 2. The fraction of sp³-hybridized carbons (Fsp3) is 0.250. The molecule has 1 unspecified atom stereocenters. The summed E-state index contributed by atoms with van der Waals surface area (Å²) in [7, 11) is 0. The highest BCUT2D eigenvalue weighted by Crippen LogP contribution is 2.16. The van der Waals surface area contributed by atoms with Gasteiger partial charge in [0.2, 0.25) is 11.8 Å². The summed E-state index contributed by atoms with van der Waals surface area (Å²) in [5.74, 6) is -1.99. The molecule has 8 nitrogen and oxygen atoms in total. The molecule has 1 fully saturated rings. The van der Waals surface area contributed by atoms with Gasteiger partial charge in [0.15, 0.2) is 0 Å². The normalized spacial score (nSPS) is 16.2. The summed E-state index contributed by atoms with van der Waals surface area (Å²) in [5.41, 5.74) is 1.56. The van der Waals surface area contributed by atoms with Crippen molar-refractivity contribution in [2.24, 2.45) is 0 Å². The molecule has 166 valence electrons. The van der Waals surface area contributed by atoms with Gasteiger partial charge < -0.3 is 20.3 Å². The molecule has 2 N–H and O–H groups in total. The van der Waals surface area contributed by atoms with Gasteiger partial charge in [0.25, 0.3) is 5.91 Å². The minimum absolute atomic E-state index is 0.0288. The predicted octanol–water partition coefficient (Wildman–Crippen LogP) is 1.62. The first-order chi connectivity index (χ1) is 15.4. The highest BCUT2D eigenvalue weighted by Gasteiger charge is 2.36. The van der Waals surface area contributed by atoms with Gasteiger partial charge >= 0.3 is 5.97 Å². The van der Waals surface area contributed by atoms with E-state index < -0.39 is 29.7 Å². The zero-order valence-corrected chi connectivity index (χ0v) is 17.7. The van der Waals surface area contributed by atoms with Crippen molar-refractivity contribution in [2.75, 3.05) is 13.1 Å². The number of ether oxygens (including phenoxy) is 1. The van der Waals surface area contributed by atoms with Crippen molar-refractivity contribution in [3.05, 3.63) is 77.5 Å². The molecule has 0 radical (unpaired) electrons. The van der Waals surface area contributed by atoms with Crippen molar-refractivity contribution >= 4 is 29.8 Å². The van der Waals surface area contributed by atoms with Crippen LogP contribution in [0.15, 0.2) is 66.4 Å². The molecule has 0 bridgehead atoms. The summed E-state index contributed by atoms with van der Waals surface area (Å²) in [5, 5.41) is 5.22. The number of esters is 1. The summed E-state index contributed by atoms with van der Waals surface area (Å²) >= 11 is 0. The Bertz CT molecular complexity index is 1000. The number of nitrogens with zero attached hydrogens (tertiary/aromatic N) is 1. The first-order valence-electron chi connectivity index (χ1n) is 10.3. The second-order valence-electron chi connectivity index (χ2n) is 7.31. The Hall–Kier alpha value is -3.94. The van der Waals surface area contributed by atoms with E-state index in [4.69, 9.17) is 4.74 Å². The zero-order valence-electron chi connectivity index (χ0n) is 17.7. The number of rotatable bonds is 7. The molecule has 2 aromatic rings. The van der Waals surface area contributed by atoms with Crippen LogP contribution < -0.4 is 10.6 Å². The van der Waals surface area contributed by atoms with Crippen molar-refractivity contribution < 1.29 is 23.9 Å². The van der Waals surface area contributed by atoms with Crippen LogP contribution >= 0.6 is 0 Å². The Balaban J connectivity index is 1.75. The van der Waals surface area contributed by atoms with E-state index in [-0.39, 0.29) is 31.8 Å². The maximum atomic E-state index is 13.3. The molecule has 3 rings (SSSR count). The summed E-state index contributed by atoms with van der Waals surface area (Å²) in [6, 6.07) is 17.2. The van der Waals surface area contributed by atoms with Crippen LogP contribution in [0.4, 0.5) is 0 Å². The van der Waals surface area contributed by atoms with E-state index in [1.807, 2.05) is 48.5 Å². The SMILES string of the molecule is CC(=O)N/C(=C\c1ccccc1)C(=O)N1CCNC(=O)C1CC(=O)OCc1ccccc1. The van der Waals surface area contributed by atoms with Crippen molar-refractivity contribution in [1.29, 1.82) is 0 Å². The first-order valence-corrected chi connectivity index (χ1v) is 10.3. The first kappa shape index (κ1) is 22.7. The van der Waals surface area contributed by atoms with Gasteiger partial charge in [-0.3, -0.25) is 19.2 Å². The fourth-order valence-corrected chi connectivity index (χ4v) is 3.33. The number of nitrogens with one attached hydrogen (secondary N) is 2. The summed E-state index contributed by atoms with van der Waals surface area (Å²) in [6.07, 6.45) is 1.25. The van der Waals surface area contributed by atoms with E-state index in [0.29, 0.717) is 5.56 Å². The van der Waals surface area contributed by atoms with Crippen LogP contribution in [0.5, 0.6) is 0 Å². The lowest BCUT2D eigenvalue weighted by molar-refractivity contribution is -0.152. The third kappa shape index (κ3) is 6.28. The largest absolute Gasteiger partial charge is 0.461 e. The molecule has 1 saturated heterocycles. The number of carbonyl (C=O) groups is 4. The molecule has 0 spiro atoms. The van der Waals surface area contributed by atoms with E-state index in [9.17, 15) is 19.2 Å². The molecule has 1 aliphatic heterocycles. The van der Waals surface area contributed by atoms with Crippen LogP contribution in [0.25, 0.3) is 6.08 Å². The van der Waals surface area contributed by atoms with Crippen molar-refractivity contribution in [1.82, 2.24) is 15.5 Å². The van der Waals surface area contributed by atoms with Gasteiger partial charge in [-0.2, -0.15) is 0 Å². The maximum absolute atomic E-state index is 13.3. The van der Waals surface area contributed by atoms with Crippen LogP contribution in [0, 0.1) is 0 Å². The predicted molar refractivity (Wildman–Crippen MR) is 118 cm³/mol. The molecule has 32 heavy (non-hydrogen) atoms. The lowest BCUT2D eigenvalue weighted by Crippen LogP contribution is -2.58. The molecule has 3 amide bonds. The lowest BCUT2D eigenvalue weighted by Gasteiger charge is -2.35. The molecule has 1 atom stereocenters. The van der Waals surface area contributed by atoms with Gasteiger partial charge in [-0.15, -0.1) is 0 Å². The van der Waals surface area contributed by atoms with Gasteiger partial charge in [0.05, 0.1) is 6.42 Å². The lowest BCUT2D eigenvalue weighted by atomic mass is 10.1. The minimum Gasteiger partial charge on any atom is -0.461 e. The molecule has 1 aliphatic rings. The minimum atomic E-state index is -1.03. The fourth-order valence-electron chi connectivity index (χ4n) is 3.33. The van der Waals surface area contributed by atoms with Gasteiger partial charge in [-0.1, -0.05) is 60.7 Å². The number of hydrogen-bond acceptors (Lipinski definition) is 5. The molecule has 1 heterocycles. The molecule has 8 heteroatoms. The third-order valence-electron chi connectivity index (χ3n) is 4.85. The molecule has 0 aliphatic carbocycles. The number of piperazine rings is 1. The standard InChI is InChI=1S/C24H25N3O5/c1-17(28)26-20(14-18-8-4-2-5-9-18)24(31)27-13-12-25-23(30)21(27)15-22(29)32-16-19-10-6-3-7-11-19/h2-11,14,21H,12-13,15-16H2,1H3,(H,25,30)(H,26,28)/b20-14-. The van der Waals surface area contributed by atoms with Crippen molar-refractivity contribution in [3.8, 4) is 0 Å². The van der Waals surface area contributed by atoms with Crippen LogP contribution in [-0.2, 0) is 30.5 Å². The quantitative estimate of drug-likeness (QED) is 0.508. The Labute approximate surface area is 186 Å². The number of amides is 3. The second-order valence-corrected chi connectivity index (χ2v) is 7.31. The Morgan fingerprint density at radius 1 is 1.09 bits per heavy atom. The molecular formula is C24H25N3O5. The zero-order chi connectivity index (χ0) is 22.9. The Morgan fingerprint density at radius 2 is 1.75 bits per heavy atom. The highest BCUT2D eigenvalue weighted by atomic mass is 16.5. The summed E-state index contributed by atoms with van der Waals surface area (Å²) < 4.78 is 5.29.